The maximum absolute atomic E-state index is 12.5. The Kier molecular flexibility index (Phi) is 9.06. The van der Waals surface area contributed by atoms with Gasteiger partial charge in [0.2, 0.25) is 5.91 Å². The first-order valence-corrected chi connectivity index (χ1v) is 10.7. The topological polar surface area (TPSA) is 58.6 Å². The third kappa shape index (κ3) is 7.30. The zero-order valence-corrected chi connectivity index (χ0v) is 18.8. The molecule has 5 nitrogen and oxygen atoms in total. The highest BCUT2D eigenvalue weighted by atomic mass is 16.5. The van der Waals surface area contributed by atoms with Gasteiger partial charge in [-0.1, -0.05) is 52.0 Å². The number of rotatable bonds is 10. The molecule has 30 heavy (non-hydrogen) atoms. The second-order valence-corrected chi connectivity index (χ2v) is 8.02. The highest BCUT2D eigenvalue weighted by Crippen LogP contribution is 2.22. The first kappa shape index (κ1) is 23.6. The summed E-state index contributed by atoms with van der Waals surface area (Å²) >= 11 is 0. The molecule has 162 valence electrons. The van der Waals surface area contributed by atoms with Gasteiger partial charge >= 0.3 is 5.97 Å². The fraction of sp³-hybridized carbons (Fsp3) is 0.440. The molecule has 2 aromatic rings. The van der Waals surface area contributed by atoms with Crippen LogP contribution in [0.1, 0.15) is 51.7 Å². The van der Waals surface area contributed by atoms with E-state index in [2.05, 4.69) is 31.3 Å². The predicted octanol–water partition coefficient (Wildman–Crippen LogP) is 4.87. The lowest BCUT2D eigenvalue weighted by molar-refractivity contribution is -0.135. The van der Waals surface area contributed by atoms with Gasteiger partial charge in [-0.15, -0.1) is 0 Å². The quantitative estimate of drug-likeness (QED) is 0.448. The smallest absolute Gasteiger partial charge is 0.318 e. The van der Waals surface area contributed by atoms with Crippen LogP contribution in [0.4, 0.5) is 5.69 Å². The standard InChI is InChI=1S/C25H34N2O3/c1-6-27(7-2)17-24(28)26-22-12-14-23(15-13-22)30-25(29)19(5)21-10-8-20(9-11-21)16-18(3)4/h8-15,18-19H,6-7,16-17H2,1-5H3,(H,26,28). The first-order valence-electron chi connectivity index (χ1n) is 10.7. The van der Waals surface area contributed by atoms with Gasteiger partial charge in [-0.2, -0.15) is 0 Å². The summed E-state index contributed by atoms with van der Waals surface area (Å²) in [7, 11) is 0. The van der Waals surface area contributed by atoms with Gasteiger partial charge in [0.25, 0.3) is 0 Å². The van der Waals surface area contributed by atoms with Crippen LogP contribution in [0.2, 0.25) is 0 Å². The number of likely N-dealkylation sites (N-methyl/N-ethyl adjacent to an activating group) is 1. The molecule has 5 heteroatoms. The molecule has 2 aromatic carbocycles. The molecule has 1 N–H and O–H groups in total. The Balaban J connectivity index is 1.91. The molecular weight excluding hydrogens is 376 g/mol. The summed E-state index contributed by atoms with van der Waals surface area (Å²) in [5.41, 5.74) is 2.89. The van der Waals surface area contributed by atoms with Crippen LogP contribution < -0.4 is 10.1 Å². The molecule has 0 heterocycles. The first-order chi connectivity index (χ1) is 14.3. The Morgan fingerprint density at radius 1 is 0.933 bits per heavy atom. The molecule has 1 amide bonds. The van der Waals surface area contributed by atoms with E-state index in [4.69, 9.17) is 4.74 Å². The van der Waals surface area contributed by atoms with Gasteiger partial charge in [-0.25, -0.2) is 0 Å². The number of hydrogen-bond donors (Lipinski definition) is 1. The van der Waals surface area contributed by atoms with Gasteiger partial charge in [0.1, 0.15) is 5.75 Å². The normalized spacial score (nSPS) is 12.1. The van der Waals surface area contributed by atoms with Crippen molar-refractivity contribution in [3.63, 3.8) is 0 Å². The molecule has 0 aliphatic carbocycles. The number of ether oxygens (including phenoxy) is 1. The number of nitrogens with one attached hydrogen (secondary N) is 1. The largest absolute Gasteiger partial charge is 0.426 e. The Bertz CT molecular complexity index is 809. The summed E-state index contributed by atoms with van der Waals surface area (Å²) < 4.78 is 5.52. The van der Waals surface area contributed by atoms with Crippen LogP contribution in [0.5, 0.6) is 5.75 Å². The van der Waals surface area contributed by atoms with Crippen molar-refractivity contribution < 1.29 is 14.3 Å². The van der Waals surface area contributed by atoms with Crippen molar-refractivity contribution in [3.8, 4) is 5.75 Å². The fourth-order valence-electron chi connectivity index (χ4n) is 3.21. The predicted molar refractivity (Wildman–Crippen MR) is 122 cm³/mol. The minimum absolute atomic E-state index is 0.0574. The highest BCUT2D eigenvalue weighted by Gasteiger charge is 2.18. The average Bonchev–Trinajstić information content (AvgIpc) is 2.73. The van der Waals surface area contributed by atoms with E-state index >= 15 is 0 Å². The van der Waals surface area contributed by atoms with Crippen LogP contribution in [-0.2, 0) is 16.0 Å². The monoisotopic (exact) mass is 410 g/mol. The van der Waals surface area contributed by atoms with Gasteiger partial charge in [-0.3, -0.25) is 14.5 Å². The van der Waals surface area contributed by atoms with Crippen LogP contribution in [-0.4, -0.2) is 36.4 Å². The number of esters is 1. The van der Waals surface area contributed by atoms with Gasteiger partial charge in [-0.05, 0) is 67.7 Å². The van der Waals surface area contributed by atoms with Crippen LogP contribution in [0.3, 0.4) is 0 Å². The van der Waals surface area contributed by atoms with Crippen molar-refractivity contribution >= 4 is 17.6 Å². The van der Waals surface area contributed by atoms with Crippen molar-refractivity contribution in [2.75, 3.05) is 25.0 Å². The summed E-state index contributed by atoms with van der Waals surface area (Å²) in [6.45, 7) is 12.3. The van der Waals surface area contributed by atoms with Crippen molar-refractivity contribution in [1.29, 1.82) is 0 Å². The van der Waals surface area contributed by atoms with Gasteiger partial charge in [0, 0.05) is 5.69 Å². The number of benzene rings is 2. The molecule has 0 aliphatic rings. The molecule has 0 aliphatic heterocycles. The fourth-order valence-corrected chi connectivity index (χ4v) is 3.21. The van der Waals surface area contributed by atoms with Gasteiger partial charge in [0.15, 0.2) is 0 Å². The zero-order chi connectivity index (χ0) is 22.1. The number of carbonyl (C=O) groups is 2. The molecule has 2 rings (SSSR count). The third-order valence-corrected chi connectivity index (χ3v) is 5.10. The lowest BCUT2D eigenvalue weighted by atomic mass is 9.97. The summed E-state index contributed by atoms with van der Waals surface area (Å²) in [5, 5.41) is 2.87. The van der Waals surface area contributed by atoms with E-state index in [-0.39, 0.29) is 17.8 Å². The van der Waals surface area contributed by atoms with E-state index in [0.29, 0.717) is 23.9 Å². The van der Waals surface area contributed by atoms with Gasteiger partial charge in [0.05, 0.1) is 12.5 Å². The SMILES string of the molecule is CCN(CC)CC(=O)Nc1ccc(OC(=O)C(C)c2ccc(CC(C)C)cc2)cc1. The van der Waals surface area contributed by atoms with Crippen molar-refractivity contribution in [1.82, 2.24) is 4.90 Å². The van der Waals surface area contributed by atoms with Crippen molar-refractivity contribution in [2.24, 2.45) is 5.92 Å². The molecule has 0 aromatic heterocycles. The Morgan fingerprint density at radius 3 is 2.07 bits per heavy atom. The number of nitrogens with zero attached hydrogens (tertiary/aromatic N) is 1. The van der Waals surface area contributed by atoms with Crippen LogP contribution >= 0.6 is 0 Å². The van der Waals surface area contributed by atoms with Crippen LogP contribution in [0, 0.1) is 5.92 Å². The zero-order valence-electron chi connectivity index (χ0n) is 18.8. The molecule has 0 spiro atoms. The average molecular weight is 411 g/mol. The second-order valence-electron chi connectivity index (χ2n) is 8.02. The van der Waals surface area contributed by atoms with E-state index in [1.54, 1.807) is 24.3 Å². The van der Waals surface area contributed by atoms with Crippen LogP contribution in [0.25, 0.3) is 0 Å². The Labute approximate surface area is 180 Å². The number of carbonyl (C=O) groups excluding carboxylic acids is 2. The molecule has 0 saturated carbocycles. The maximum atomic E-state index is 12.5. The Hall–Kier alpha value is -2.66. The van der Waals surface area contributed by atoms with Gasteiger partial charge < -0.3 is 10.1 Å². The van der Waals surface area contributed by atoms with E-state index in [9.17, 15) is 9.59 Å². The lowest BCUT2D eigenvalue weighted by Crippen LogP contribution is -2.32. The van der Waals surface area contributed by atoms with E-state index in [0.717, 1.165) is 25.1 Å². The van der Waals surface area contributed by atoms with Crippen molar-refractivity contribution in [3.05, 3.63) is 59.7 Å². The molecule has 0 saturated heterocycles. The summed E-state index contributed by atoms with van der Waals surface area (Å²) in [5.74, 6) is 0.350. The second kappa shape index (κ2) is 11.5. The minimum atomic E-state index is -0.355. The van der Waals surface area contributed by atoms with E-state index < -0.39 is 0 Å². The molecular formula is C25H34N2O3. The molecule has 0 bridgehead atoms. The van der Waals surface area contributed by atoms with E-state index in [1.165, 1.54) is 5.56 Å². The molecule has 0 fully saturated rings. The number of hydrogen-bond acceptors (Lipinski definition) is 4. The minimum Gasteiger partial charge on any atom is -0.426 e. The summed E-state index contributed by atoms with van der Waals surface area (Å²) in [6.07, 6.45) is 1.02. The molecule has 0 radical (unpaired) electrons. The Morgan fingerprint density at radius 2 is 1.53 bits per heavy atom. The van der Waals surface area contributed by atoms with E-state index in [1.807, 2.05) is 37.8 Å². The molecule has 1 unspecified atom stereocenters. The summed E-state index contributed by atoms with van der Waals surface area (Å²) in [4.78, 5) is 26.7. The highest BCUT2D eigenvalue weighted by molar-refractivity contribution is 5.92. The molecule has 1 atom stereocenters. The van der Waals surface area contributed by atoms with Crippen LogP contribution in [0.15, 0.2) is 48.5 Å². The third-order valence-electron chi connectivity index (χ3n) is 5.10. The summed E-state index contributed by atoms with van der Waals surface area (Å²) in [6, 6.07) is 15.0. The maximum Gasteiger partial charge on any atom is 0.318 e. The lowest BCUT2D eigenvalue weighted by Gasteiger charge is -2.17. The number of amides is 1. The van der Waals surface area contributed by atoms with Crippen molar-refractivity contribution in [2.45, 2.75) is 47.0 Å². The number of anilines is 1.